The molecule has 8 heavy (non-hydrogen) atoms. The van der Waals surface area contributed by atoms with E-state index in [-0.39, 0.29) is 0 Å². The van der Waals surface area contributed by atoms with Gasteiger partial charge in [-0.15, -0.1) is 0 Å². The molecule has 0 spiro atoms. The Morgan fingerprint density at radius 1 is 2.00 bits per heavy atom. The summed E-state index contributed by atoms with van der Waals surface area (Å²) in [6.45, 7) is 0.676. The zero-order chi connectivity index (χ0) is 5.98. The van der Waals surface area contributed by atoms with Crippen molar-refractivity contribution in [1.82, 2.24) is 4.90 Å². The lowest BCUT2D eigenvalue weighted by atomic mass is 10.6. The van der Waals surface area contributed by atoms with Gasteiger partial charge >= 0.3 is 0 Å². The van der Waals surface area contributed by atoms with Crippen LogP contribution in [0.5, 0.6) is 0 Å². The molecule has 0 aromatic carbocycles. The second-order valence-electron chi connectivity index (χ2n) is 1.78. The molecule has 46 valence electrons. The summed E-state index contributed by atoms with van der Waals surface area (Å²) in [5.41, 5.74) is 0. The highest BCUT2D eigenvalue weighted by atomic mass is 32.1. The second-order valence-corrected chi connectivity index (χ2v) is 2.10. The maximum absolute atomic E-state index is 5.12. The third-order valence-electron chi connectivity index (χ3n) is 0.974. The molecule has 0 saturated heterocycles. The maximum atomic E-state index is 5.12. The number of ether oxygens (including phenoxy) is 1. The maximum Gasteiger partial charge on any atom is 0.160 e. The molecule has 1 heterocycles. The van der Waals surface area contributed by atoms with E-state index in [0.29, 0.717) is 12.5 Å². The van der Waals surface area contributed by atoms with E-state index in [1.807, 2.05) is 18.1 Å². The highest BCUT2D eigenvalue weighted by Crippen LogP contribution is 2.08. The molecule has 0 aromatic rings. The molecule has 1 rings (SSSR count). The van der Waals surface area contributed by atoms with Gasteiger partial charge in [-0.3, -0.25) is 0 Å². The van der Waals surface area contributed by atoms with Gasteiger partial charge in [-0.25, -0.2) is 0 Å². The zero-order valence-corrected chi connectivity index (χ0v) is 5.69. The van der Waals surface area contributed by atoms with Gasteiger partial charge in [0.1, 0.15) is 5.76 Å². The second kappa shape index (κ2) is 2.31. The first kappa shape index (κ1) is 5.82. The van der Waals surface area contributed by atoms with E-state index in [0.717, 1.165) is 5.76 Å². The minimum absolute atomic E-state index is 0.676. The Kier molecular flexibility index (Phi) is 1.68. The minimum atomic E-state index is 0.676. The van der Waals surface area contributed by atoms with Crippen molar-refractivity contribution in [3.63, 3.8) is 0 Å². The summed E-state index contributed by atoms with van der Waals surface area (Å²) in [6.07, 6.45) is 1.95. The smallest absolute Gasteiger partial charge is 0.160 e. The summed E-state index contributed by atoms with van der Waals surface area (Å²) in [4.78, 5) is 1.98. The van der Waals surface area contributed by atoms with Crippen LogP contribution in [-0.2, 0) is 4.74 Å². The molecule has 0 N–H and O–H groups in total. The molecule has 3 heteroatoms. The van der Waals surface area contributed by atoms with Crippen molar-refractivity contribution >= 4 is 12.6 Å². The van der Waals surface area contributed by atoms with Crippen molar-refractivity contribution in [3.8, 4) is 0 Å². The highest BCUT2D eigenvalue weighted by Gasteiger charge is 2.05. The molecule has 0 saturated carbocycles. The van der Waals surface area contributed by atoms with E-state index < -0.39 is 0 Å². The topological polar surface area (TPSA) is 12.5 Å². The van der Waals surface area contributed by atoms with Crippen LogP contribution >= 0.6 is 12.6 Å². The lowest BCUT2D eigenvalue weighted by molar-refractivity contribution is 0.172. The van der Waals surface area contributed by atoms with Crippen LogP contribution in [0.3, 0.4) is 0 Å². The summed E-state index contributed by atoms with van der Waals surface area (Å²) < 4.78 is 5.12. The summed E-state index contributed by atoms with van der Waals surface area (Å²) in [5, 5.41) is 0. The molecule has 2 nitrogen and oxygen atoms in total. The Bertz CT molecular complexity index is 113. The van der Waals surface area contributed by atoms with Crippen LogP contribution in [-0.4, -0.2) is 24.4 Å². The Balaban J connectivity index is 2.44. The van der Waals surface area contributed by atoms with Crippen LogP contribution in [0.1, 0.15) is 0 Å². The minimum Gasteiger partial charge on any atom is -0.475 e. The molecule has 0 aromatic heterocycles. The van der Waals surface area contributed by atoms with Crippen molar-refractivity contribution in [2.45, 2.75) is 0 Å². The van der Waals surface area contributed by atoms with E-state index in [1.54, 1.807) is 0 Å². The number of thiol groups is 1. The van der Waals surface area contributed by atoms with Gasteiger partial charge in [0, 0.05) is 19.0 Å². The Labute approximate surface area is 54.5 Å². The van der Waals surface area contributed by atoms with Gasteiger partial charge in [0.05, 0.1) is 0 Å². The van der Waals surface area contributed by atoms with Crippen molar-refractivity contribution in [1.29, 1.82) is 0 Å². The van der Waals surface area contributed by atoms with Crippen LogP contribution in [0.4, 0.5) is 0 Å². The van der Waals surface area contributed by atoms with E-state index in [1.165, 1.54) is 0 Å². The van der Waals surface area contributed by atoms with Gasteiger partial charge in [-0.05, 0) is 0 Å². The zero-order valence-electron chi connectivity index (χ0n) is 4.79. The fraction of sp³-hybridized carbons (Fsp3) is 0.600. The SMILES string of the molecule is CN1C=C(CS)OC1. The Hall–Kier alpha value is -0.310. The van der Waals surface area contributed by atoms with Gasteiger partial charge in [0.15, 0.2) is 6.73 Å². The standard InChI is InChI=1S/C5H9NOS/c1-6-2-5(3-8)7-4-6/h2,8H,3-4H2,1H3. The van der Waals surface area contributed by atoms with E-state index in [4.69, 9.17) is 4.74 Å². The highest BCUT2D eigenvalue weighted by molar-refractivity contribution is 7.80. The van der Waals surface area contributed by atoms with E-state index in [9.17, 15) is 0 Å². The lowest BCUT2D eigenvalue weighted by Gasteiger charge is -2.01. The van der Waals surface area contributed by atoms with Crippen LogP contribution in [0.15, 0.2) is 12.0 Å². The van der Waals surface area contributed by atoms with Crippen LogP contribution < -0.4 is 0 Å². The fourth-order valence-electron chi connectivity index (χ4n) is 0.592. The van der Waals surface area contributed by atoms with E-state index in [2.05, 4.69) is 12.6 Å². The van der Waals surface area contributed by atoms with Gasteiger partial charge in [0.2, 0.25) is 0 Å². The summed E-state index contributed by atoms with van der Waals surface area (Å²) in [6, 6.07) is 0. The van der Waals surface area contributed by atoms with Gasteiger partial charge < -0.3 is 9.64 Å². The normalized spacial score (nSPS) is 18.2. The summed E-state index contributed by atoms with van der Waals surface area (Å²) >= 11 is 4.04. The largest absolute Gasteiger partial charge is 0.475 e. The van der Waals surface area contributed by atoms with Gasteiger partial charge in [-0.2, -0.15) is 12.6 Å². The number of nitrogens with zero attached hydrogens (tertiary/aromatic N) is 1. The first-order chi connectivity index (χ1) is 3.83. The molecule has 0 fully saturated rings. The summed E-state index contributed by atoms with van der Waals surface area (Å²) in [7, 11) is 1.97. The molecule has 0 radical (unpaired) electrons. The quantitative estimate of drug-likeness (QED) is 0.525. The average Bonchev–Trinajstić information content (AvgIpc) is 2.14. The molecule has 0 atom stereocenters. The molecule has 0 aliphatic carbocycles. The van der Waals surface area contributed by atoms with Gasteiger partial charge in [0.25, 0.3) is 0 Å². The molecule has 0 amide bonds. The summed E-state index contributed by atoms with van der Waals surface area (Å²) in [5.74, 6) is 1.65. The number of hydrogen-bond acceptors (Lipinski definition) is 3. The molecule has 1 aliphatic heterocycles. The van der Waals surface area contributed by atoms with E-state index >= 15 is 0 Å². The van der Waals surface area contributed by atoms with Crippen molar-refractivity contribution in [3.05, 3.63) is 12.0 Å². The first-order valence-corrected chi connectivity index (χ1v) is 3.11. The van der Waals surface area contributed by atoms with Crippen LogP contribution in [0.25, 0.3) is 0 Å². The molecular weight excluding hydrogens is 122 g/mol. The molecule has 1 aliphatic rings. The number of hydrogen-bond donors (Lipinski definition) is 1. The number of rotatable bonds is 1. The van der Waals surface area contributed by atoms with Crippen molar-refractivity contribution in [2.24, 2.45) is 0 Å². The predicted molar refractivity (Wildman–Crippen MR) is 35.7 cm³/mol. The Morgan fingerprint density at radius 3 is 3.00 bits per heavy atom. The molecule has 0 bridgehead atoms. The monoisotopic (exact) mass is 131 g/mol. The predicted octanol–water partition coefficient (Wildman–Crippen LogP) is 0.677. The third-order valence-corrected chi connectivity index (χ3v) is 1.29. The first-order valence-electron chi connectivity index (χ1n) is 2.47. The fourth-order valence-corrected chi connectivity index (χ4v) is 0.764. The Morgan fingerprint density at radius 2 is 2.75 bits per heavy atom. The van der Waals surface area contributed by atoms with Crippen LogP contribution in [0, 0.1) is 0 Å². The van der Waals surface area contributed by atoms with Crippen molar-refractivity contribution < 1.29 is 4.74 Å². The molecular formula is C5H9NOS. The van der Waals surface area contributed by atoms with Crippen molar-refractivity contribution in [2.75, 3.05) is 19.5 Å². The van der Waals surface area contributed by atoms with Gasteiger partial charge in [-0.1, -0.05) is 0 Å². The average molecular weight is 131 g/mol. The lowest BCUT2D eigenvalue weighted by Crippen LogP contribution is -2.06. The van der Waals surface area contributed by atoms with Crippen LogP contribution in [0.2, 0.25) is 0 Å². The molecule has 0 unspecified atom stereocenters. The third kappa shape index (κ3) is 1.10.